The van der Waals surface area contributed by atoms with Crippen LogP contribution in [0.5, 0.6) is 0 Å². The summed E-state index contributed by atoms with van der Waals surface area (Å²) in [6.45, 7) is 5.12. The minimum atomic E-state index is 0.493. The van der Waals surface area contributed by atoms with Crippen molar-refractivity contribution < 1.29 is 4.42 Å². The Kier molecular flexibility index (Phi) is 2.98. The van der Waals surface area contributed by atoms with Crippen LogP contribution in [-0.4, -0.2) is 14.8 Å². The van der Waals surface area contributed by atoms with E-state index in [2.05, 4.69) is 24.0 Å². The number of H-pyrrole nitrogens is 1. The van der Waals surface area contributed by atoms with Crippen molar-refractivity contribution in [3.8, 4) is 11.6 Å². The van der Waals surface area contributed by atoms with Gasteiger partial charge in [0.2, 0.25) is 0 Å². The highest BCUT2D eigenvalue weighted by Crippen LogP contribution is 2.26. The standard InChI is InChI=1S/C14H15N3OS/c1-9(2)8-17-13(15-16-14(17)19)12-7-10-5-3-4-6-11(10)18-12/h3-7,9H,8H2,1-2H3,(H,16,19). The lowest BCUT2D eigenvalue weighted by Gasteiger charge is -2.07. The SMILES string of the molecule is CC(C)Cn1c(-c2cc3ccccc3o2)n[nH]c1=S. The Morgan fingerprint density at radius 1 is 1.37 bits per heavy atom. The zero-order valence-electron chi connectivity index (χ0n) is 10.9. The smallest absolute Gasteiger partial charge is 0.198 e. The van der Waals surface area contributed by atoms with Gasteiger partial charge in [-0.1, -0.05) is 32.0 Å². The van der Waals surface area contributed by atoms with Crippen LogP contribution >= 0.6 is 12.2 Å². The second kappa shape index (κ2) is 4.66. The van der Waals surface area contributed by atoms with Crippen molar-refractivity contribution in [2.24, 2.45) is 5.92 Å². The van der Waals surface area contributed by atoms with Crippen molar-refractivity contribution in [1.29, 1.82) is 0 Å². The Hall–Kier alpha value is -1.88. The maximum atomic E-state index is 5.84. The molecule has 0 aliphatic heterocycles. The number of para-hydroxylation sites is 1. The Balaban J connectivity index is 2.13. The molecule has 3 aromatic rings. The van der Waals surface area contributed by atoms with Gasteiger partial charge in [0.05, 0.1) is 0 Å². The van der Waals surface area contributed by atoms with E-state index in [1.165, 1.54) is 0 Å². The number of aromatic nitrogens is 3. The summed E-state index contributed by atoms with van der Waals surface area (Å²) in [4.78, 5) is 0. The van der Waals surface area contributed by atoms with Crippen molar-refractivity contribution >= 4 is 23.2 Å². The number of hydrogen-bond acceptors (Lipinski definition) is 3. The molecule has 0 aliphatic rings. The Morgan fingerprint density at radius 2 is 2.16 bits per heavy atom. The van der Waals surface area contributed by atoms with E-state index in [9.17, 15) is 0 Å². The third-order valence-electron chi connectivity index (χ3n) is 2.95. The predicted molar refractivity (Wildman–Crippen MR) is 77.5 cm³/mol. The first kappa shape index (κ1) is 12.2. The molecule has 4 nitrogen and oxygen atoms in total. The fraction of sp³-hybridized carbons (Fsp3) is 0.286. The summed E-state index contributed by atoms with van der Waals surface area (Å²) in [6.07, 6.45) is 0. The third kappa shape index (κ3) is 2.21. The molecule has 98 valence electrons. The lowest BCUT2D eigenvalue weighted by atomic mass is 10.2. The monoisotopic (exact) mass is 273 g/mol. The van der Waals surface area contributed by atoms with Crippen LogP contribution < -0.4 is 0 Å². The molecule has 0 radical (unpaired) electrons. The summed E-state index contributed by atoms with van der Waals surface area (Å²) < 4.78 is 8.45. The van der Waals surface area contributed by atoms with Crippen molar-refractivity contribution in [1.82, 2.24) is 14.8 Å². The molecule has 1 aromatic carbocycles. The first-order valence-corrected chi connectivity index (χ1v) is 6.70. The number of benzene rings is 1. The highest BCUT2D eigenvalue weighted by atomic mass is 32.1. The van der Waals surface area contributed by atoms with Gasteiger partial charge in [0.25, 0.3) is 0 Å². The summed E-state index contributed by atoms with van der Waals surface area (Å²) in [5, 5.41) is 8.20. The van der Waals surface area contributed by atoms with Gasteiger partial charge >= 0.3 is 0 Å². The van der Waals surface area contributed by atoms with Crippen LogP contribution in [-0.2, 0) is 6.54 Å². The predicted octanol–water partition coefficient (Wildman–Crippen LogP) is 4.01. The van der Waals surface area contributed by atoms with Gasteiger partial charge in [-0.05, 0) is 30.3 Å². The largest absolute Gasteiger partial charge is 0.453 e. The van der Waals surface area contributed by atoms with Crippen LogP contribution in [0.4, 0.5) is 0 Å². The summed E-state index contributed by atoms with van der Waals surface area (Å²) in [6, 6.07) is 9.92. The van der Waals surface area contributed by atoms with Gasteiger partial charge in [-0.25, -0.2) is 0 Å². The van der Waals surface area contributed by atoms with E-state index in [4.69, 9.17) is 16.6 Å². The molecule has 0 saturated heterocycles. The minimum Gasteiger partial charge on any atom is -0.453 e. The maximum absolute atomic E-state index is 5.84. The molecule has 0 aliphatic carbocycles. The van der Waals surface area contributed by atoms with Gasteiger partial charge in [-0.2, -0.15) is 5.10 Å². The van der Waals surface area contributed by atoms with E-state index >= 15 is 0 Å². The maximum Gasteiger partial charge on any atom is 0.198 e. The fourth-order valence-corrected chi connectivity index (χ4v) is 2.34. The van der Waals surface area contributed by atoms with Crippen molar-refractivity contribution in [2.75, 3.05) is 0 Å². The van der Waals surface area contributed by atoms with E-state index in [0.717, 1.165) is 29.1 Å². The highest BCUT2D eigenvalue weighted by molar-refractivity contribution is 7.71. The molecule has 1 N–H and O–H groups in total. The second-order valence-corrected chi connectivity index (χ2v) is 5.39. The van der Waals surface area contributed by atoms with E-state index < -0.39 is 0 Å². The number of furan rings is 1. The number of aromatic amines is 1. The van der Waals surface area contributed by atoms with Crippen LogP contribution in [0, 0.1) is 10.7 Å². The average molecular weight is 273 g/mol. The van der Waals surface area contributed by atoms with Crippen LogP contribution in [0.25, 0.3) is 22.6 Å². The van der Waals surface area contributed by atoms with Gasteiger partial charge in [0.15, 0.2) is 16.4 Å². The van der Waals surface area contributed by atoms with E-state index in [0.29, 0.717) is 10.7 Å². The van der Waals surface area contributed by atoms with Crippen LogP contribution in [0.3, 0.4) is 0 Å². The molecule has 0 atom stereocenters. The molecule has 19 heavy (non-hydrogen) atoms. The number of nitrogens with one attached hydrogen (secondary N) is 1. The van der Waals surface area contributed by atoms with Gasteiger partial charge in [-0.3, -0.25) is 9.67 Å². The van der Waals surface area contributed by atoms with E-state index in [-0.39, 0.29) is 0 Å². The molecule has 0 bridgehead atoms. The molecule has 0 amide bonds. The number of rotatable bonds is 3. The molecule has 0 spiro atoms. The quantitative estimate of drug-likeness (QED) is 0.733. The third-order valence-corrected chi connectivity index (χ3v) is 3.26. The van der Waals surface area contributed by atoms with Crippen LogP contribution in [0.2, 0.25) is 0 Å². The van der Waals surface area contributed by atoms with Gasteiger partial charge in [-0.15, -0.1) is 0 Å². The summed E-state index contributed by atoms with van der Waals surface area (Å²) in [7, 11) is 0. The molecular weight excluding hydrogens is 258 g/mol. The summed E-state index contributed by atoms with van der Waals surface area (Å²) in [5.41, 5.74) is 0.863. The first-order chi connectivity index (χ1) is 9.15. The normalized spacial score (nSPS) is 11.5. The number of fused-ring (bicyclic) bond motifs is 1. The minimum absolute atomic E-state index is 0.493. The summed E-state index contributed by atoms with van der Waals surface area (Å²) in [5.74, 6) is 2.00. The molecule has 5 heteroatoms. The zero-order chi connectivity index (χ0) is 13.4. The average Bonchev–Trinajstić information content (AvgIpc) is 2.93. The van der Waals surface area contributed by atoms with Crippen molar-refractivity contribution in [2.45, 2.75) is 20.4 Å². The van der Waals surface area contributed by atoms with Crippen molar-refractivity contribution in [3.63, 3.8) is 0 Å². The molecule has 2 heterocycles. The number of nitrogens with zero attached hydrogens (tertiary/aromatic N) is 2. The highest BCUT2D eigenvalue weighted by Gasteiger charge is 2.14. The fourth-order valence-electron chi connectivity index (χ4n) is 2.13. The van der Waals surface area contributed by atoms with Crippen LogP contribution in [0.15, 0.2) is 34.7 Å². The molecular formula is C14H15N3OS. The van der Waals surface area contributed by atoms with Crippen LogP contribution in [0.1, 0.15) is 13.8 Å². The zero-order valence-corrected chi connectivity index (χ0v) is 11.7. The summed E-state index contributed by atoms with van der Waals surface area (Å²) >= 11 is 5.28. The van der Waals surface area contributed by atoms with Gasteiger partial charge < -0.3 is 4.42 Å². The molecule has 0 fully saturated rings. The topological polar surface area (TPSA) is 46.8 Å². The molecule has 2 aromatic heterocycles. The van der Waals surface area contributed by atoms with Gasteiger partial charge in [0.1, 0.15) is 5.58 Å². The molecule has 3 rings (SSSR count). The molecule has 0 unspecified atom stereocenters. The second-order valence-electron chi connectivity index (χ2n) is 5.01. The number of hydrogen-bond donors (Lipinski definition) is 1. The lowest BCUT2D eigenvalue weighted by molar-refractivity contribution is 0.514. The Bertz CT molecular complexity index is 733. The Labute approximate surface area is 116 Å². The lowest BCUT2D eigenvalue weighted by Crippen LogP contribution is -2.06. The van der Waals surface area contributed by atoms with Crippen molar-refractivity contribution in [3.05, 3.63) is 35.1 Å². The molecule has 0 saturated carbocycles. The first-order valence-electron chi connectivity index (χ1n) is 6.29. The van der Waals surface area contributed by atoms with E-state index in [1.54, 1.807) is 0 Å². The van der Waals surface area contributed by atoms with E-state index in [1.807, 2.05) is 34.9 Å². The Morgan fingerprint density at radius 3 is 2.89 bits per heavy atom. The van der Waals surface area contributed by atoms with Gasteiger partial charge in [0, 0.05) is 11.9 Å².